The Morgan fingerprint density at radius 2 is 2.05 bits per heavy atom. The van der Waals surface area contributed by atoms with E-state index in [2.05, 4.69) is 10.1 Å². The van der Waals surface area contributed by atoms with E-state index in [1.165, 1.54) is 0 Å². The first kappa shape index (κ1) is 14.6. The lowest BCUT2D eigenvalue weighted by molar-refractivity contribution is 0.0219. The molecule has 1 amide bonds. The second kappa shape index (κ2) is 5.44. The Balaban J connectivity index is 1.83. The van der Waals surface area contributed by atoms with Gasteiger partial charge in [-0.25, -0.2) is 4.79 Å². The summed E-state index contributed by atoms with van der Waals surface area (Å²) in [5.41, 5.74) is 2.15. The van der Waals surface area contributed by atoms with Crippen molar-refractivity contribution in [3.8, 4) is 11.3 Å². The van der Waals surface area contributed by atoms with Crippen molar-refractivity contribution in [1.29, 1.82) is 0 Å². The number of hydrogen-bond donors (Lipinski definition) is 0. The van der Waals surface area contributed by atoms with Gasteiger partial charge in [-0.2, -0.15) is 0 Å². The molecule has 0 saturated heterocycles. The fraction of sp³-hybridized carbons (Fsp3) is 0.438. The van der Waals surface area contributed by atoms with Gasteiger partial charge in [-0.15, -0.1) is 0 Å². The van der Waals surface area contributed by atoms with E-state index in [0.29, 0.717) is 19.5 Å². The highest BCUT2D eigenvalue weighted by Crippen LogP contribution is 2.30. The van der Waals surface area contributed by atoms with Gasteiger partial charge < -0.3 is 14.2 Å². The number of rotatable bonds is 1. The molecule has 116 valence electrons. The van der Waals surface area contributed by atoms with Gasteiger partial charge in [0.1, 0.15) is 17.1 Å². The highest BCUT2D eigenvalue weighted by Gasteiger charge is 2.30. The Kier molecular flexibility index (Phi) is 3.60. The number of pyridine rings is 1. The van der Waals surface area contributed by atoms with Crippen molar-refractivity contribution in [2.24, 2.45) is 0 Å². The Hall–Kier alpha value is -2.37. The van der Waals surface area contributed by atoms with Crippen molar-refractivity contribution in [2.75, 3.05) is 6.54 Å². The summed E-state index contributed by atoms with van der Waals surface area (Å²) >= 11 is 0. The second-order valence-electron chi connectivity index (χ2n) is 6.32. The fourth-order valence-electron chi connectivity index (χ4n) is 2.43. The zero-order valence-electron chi connectivity index (χ0n) is 13.0. The van der Waals surface area contributed by atoms with Gasteiger partial charge in [-0.1, -0.05) is 5.16 Å². The van der Waals surface area contributed by atoms with Gasteiger partial charge in [0.05, 0.1) is 6.54 Å². The van der Waals surface area contributed by atoms with Crippen molar-refractivity contribution < 1.29 is 14.1 Å². The van der Waals surface area contributed by atoms with Gasteiger partial charge in [0, 0.05) is 36.5 Å². The van der Waals surface area contributed by atoms with Gasteiger partial charge in [0.15, 0.2) is 0 Å². The molecule has 0 bridgehead atoms. The molecule has 3 rings (SSSR count). The summed E-state index contributed by atoms with van der Waals surface area (Å²) in [5.74, 6) is 0.839. The largest absolute Gasteiger partial charge is 0.444 e. The number of ether oxygens (including phenoxy) is 1. The fourth-order valence-corrected chi connectivity index (χ4v) is 2.43. The molecule has 0 fully saturated rings. The normalized spacial score (nSPS) is 14.6. The molecular formula is C16H19N3O3. The summed E-state index contributed by atoms with van der Waals surface area (Å²) in [6, 6.07) is 3.76. The van der Waals surface area contributed by atoms with Crippen LogP contribution in [0.4, 0.5) is 4.79 Å². The predicted molar refractivity (Wildman–Crippen MR) is 80.1 cm³/mol. The quantitative estimate of drug-likeness (QED) is 0.810. The molecule has 0 aliphatic carbocycles. The number of hydrogen-bond acceptors (Lipinski definition) is 5. The Labute approximate surface area is 129 Å². The number of carbonyl (C=O) groups excluding carboxylic acids is 1. The first-order valence-electron chi connectivity index (χ1n) is 7.30. The number of aromatic nitrogens is 2. The minimum atomic E-state index is -0.500. The summed E-state index contributed by atoms with van der Waals surface area (Å²) in [5, 5.41) is 4.15. The number of fused-ring (bicyclic) bond motifs is 1. The van der Waals surface area contributed by atoms with Gasteiger partial charge in [0.2, 0.25) is 0 Å². The molecule has 0 unspecified atom stereocenters. The third-order valence-corrected chi connectivity index (χ3v) is 3.43. The van der Waals surface area contributed by atoms with Crippen molar-refractivity contribution in [3.63, 3.8) is 0 Å². The molecule has 2 aromatic rings. The van der Waals surface area contributed by atoms with E-state index >= 15 is 0 Å². The SMILES string of the molecule is CC(C)(C)OC(=O)N1CCc2onc(-c3ccncc3)c2C1. The zero-order chi connectivity index (χ0) is 15.7. The van der Waals surface area contributed by atoms with Crippen LogP contribution in [0.5, 0.6) is 0 Å². The predicted octanol–water partition coefficient (Wildman–Crippen LogP) is 3.03. The van der Waals surface area contributed by atoms with Crippen LogP contribution in [0.1, 0.15) is 32.1 Å². The van der Waals surface area contributed by atoms with Crippen LogP contribution in [0.25, 0.3) is 11.3 Å². The van der Waals surface area contributed by atoms with E-state index in [1.807, 2.05) is 32.9 Å². The van der Waals surface area contributed by atoms with E-state index in [9.17, 15) is 4.79 Å². The van der Waals surface area contributed by atoms with Crippen LogP contribution in [0, 0.1) is 0 Å². The molecule has 1 aliphatic rings. The molecule has 0 aromatic carbocycles. The van der Waals surface area contributed by atoms with Crippen molar-refractivity contribution in [3.05, 3.63) is 35.9 Å². The third kappa shape index (κ3) is 2.95. The summed E-state index contributed by atoms with van der Waals surface area (Å²) in [6.45, 7) is 6.62. The molecule has 0 saturated carbocycles. The first-order chi connectivity index (χ1) is 10.4. The molecule has 1 aliphatic heterocycles. The highest BCUT2D eigenvalue weighted by atomic mass is 16.6. The van der Waals surface area contributed by atoms with Gasteiger partial charge in [-0.3, -0.25) is 4.98 Å². The van der Waals surface area contributed by atoms with Crippen LogP contribution < -0.4 is 0 Å². The molecule has 0 N–H and O–H groups in total. The molecular weight excluding hydrogens is 282 g/mol. The summed E-state index contributed by atoms with van der Waals surface area (Å²) in [4.78, 5) is 17.9. The Morgan fingerprint density at radius 1 is 1.32 bits per heavy atom. The number of amides is 1. The molecule has 0 radical (unpaired) electrons. The van der Waals surface area contributed by atoms with Crippen LogP contribution in [0.2, 0.25) is 0 Å². The molecule has 6 nitrogen and oxygen atoms in total. The summed E-state index contributed by atoms with van der Waals surface area (Å²) in [7, 11) is 0. The van der Waals surface area contributed by atoms with Crippen molar-refractivity contribution in [1.82, 2.24) is 15.0 Å². The topological polar surface area (TPSA) is 68.5 Å². The maximum absolute atomic E-state index is 12.2. The average Bonchev–Trinajstić information content (AvgIpc) is 2.89. The van der Waals surface area contributed by atoms with Crippen LogP contribution in [-0.2, 0) is 17.7 Å². The molecule has 0 atom stereocenters. The highest BCUT2D eigenvalue weighted by molar-refractivity contribution is 5.70. The lowest BCUT2D eigenvalue weighted by Crippen LogP contribution is -2.39. The lowest BCUT2D eigenvalue weighted by Gasteiger charge is -2.29. The van der Waals surface area contributed by atoms with Gasteiger partial charge in [0.25, 0.3) is 0 Å². The second-order valence-corrected chi connectivity index (χ2v) is 6.32. The smallest absolute Gasteiger partial charge is 0.410 e. The van der Waals surface area contributed by atoms with E-state index in [4.69, 9.17) is 9.26 Å². The Bertz CT molecular complexity index is 674. The molecule has 3 heterocycles. The van der Waals surface area contributed by atoms with Crippen LogP contribution in [-0.4, -0.2) is 33.3 Å². The Morgan fingerprint density at radius 3 is 2.73 bits per heavy atom. The minimum absolute atomic E-state index is 0.306. The van der Waals surface area contributed by atoms with Crippen LogP contribution in [0.3, 0.4) is 0 Å². The number of nitrogens with zero attached hydrogens (tertiary/aromatic N) is 3. The first-order valence-corrected chi connectivity index (χ1v) is 7.30. The third-order valence-electron chi connectivity index (χ3n) is 3.43. The summed E-state index contributed by atoms with van der Waals surface area (Å²) in [6.07, 6.45) is 3.77. The molecule has 22 heavy (non-hydrogen) atoms. The van der Waals surface area contributed by atoms with E-state index in [1.54, 1.807) is 17.3 Å². The van der Waals surface area contributed by atoms with Crippen molar-refractivity contribution >= 4 is 6.09 Å². The van der Waals surface area contributed by atoms with Crippen LogP contribution >= 0.6 is 0 Å². The maximum Gasteiger partial charge on any atom is 0.410 e. The molecule has 2 aromatic heterocycles. The van der Waals surface area contributed by atoms with E-state index in [-0.39, 0.29) is 6.09 Å². The van der Waals surface area contributed by atoms with E-state index in [0.717, 1.165) is 22.6 Å². The summed E-state index contributed by atoms with van der Waals surface area (Å²) < 4.78 is 10.9. The monoisotopic (exact) mass is 301 g/mol. The standard InChI is InChI=1S/C16H19N3O3/c1-16(2,3)21-15(20)19-9-6-13-12(10-19)14(18-22-13)11-4-7-17-8-5-11/h4-5,7-8H,6,9-10H2,1-3H3. The average molecular weight is 301 g/mol. The lowest BCUT2D eigenvalue weighted by atomic mass is 10.0. The number of carbonyl (C=O) groups is 1. The maximum atomic E-state index is 12.2. The van der Waals surface area contributed by atoms with Crippen molar-refractivity contribution in [2.45, 2.75) is 39.3 Å². The minimum Gasteiger partial charge on any atom is -0.444 e. The zero-order valence-corrected chi connectivity index (χ0v) is 13.0. The van der Waals surface area contributed by atoms with Crippen LogP contribution in [0.15, 0.2) is 29.0 Å². The van der Waals surface area contributed by atoms with Gasteiger partial charge in [-0.05, 0) is 32.9 Å². The molecule has 0 spiro atoms. The van der Waals surface area contributed by atoms with E-state index < -0.39 is 5.60 Å². The van der Waals surface area contributed by atoms with Gasteiger partial charge >= 0.3 is 6.09 Å². The molecule has 6 heteroatoms.